The smallest absolute Gasteiger partial charge is 0.385 e. The number of halogens is 3. The van der Waals surface area contributed by atoms with Crippen molar-refractivity contribution < 1.29 is 13.2 Å². The van der Waals surface area contributed by atoms with Crippen LogP contribution in [0.5, 0.6) is 0 Å². The van der Waals surface area contributed by atoms with E-state index >= 15 is 0 Å². The number of nitrogens with zero attached hydrogens (tertiary/aromatic N) is 1. The van der Waals surface area contributed by atoms with Crippen molar-refractivity contribution in [2.75, 3.05) is 17.2 Å². The van der Waals surface area contributed by atoms with E-state index in [9.17, 15) is 13.2 Å². The molecule has 2 N–H and O–H groups in total. The molecular weight excluding hydrogens is 299 g/mol. The Hall–Kier alpha value is -1.76. The van der Waals surface area contributed by atoms with E-state index in [-0.39, 0.29) is 5.13 Å². The van der Waals surface area contributed by atoms with Crippen LogP contribution in [0.4, 0.5) is 24.0 Å². The Bertz CT molecular complexity index is 564. The summed E-state index contributed by atoms with van der Waals surface area (Å²) in [7, 11) is 0. The molecule has 0 saturated carbocycles. The molecule has 1 aromatic heterocycles. The number of hydrogen-bond donors (Lipinski definition) is 2. The van der Waals surface area contributed by atoms with E-state index in [1.807, 2.05) is 24.3 Å². The molecule has 0 amide bonds. The van der Waals surface area contributed by atoms with Gasteiger partial charge >= 0.3 is 6.18 Å². The first-order chi connectivity index (χ1) is 9.99. The molecule has 2 rings (SSSR count). The summed E-state index contributed by atoms with van der Waals surface area (Å²) in [6.07, 6.45) is -3.34. The number of thiazole rings is 1. The van der Waals surface area contributed by atoms with Crippen molar-refractivity contribution in [3.63, 3.8) is 0 Å². The predicted molar refractivity (Wildman–Crippen MR) is 79.7 cm³/mol. The second kappa shape index (κ2) is 6.80. The third-order valence-corrected chi connectivity index (χ3v) is 3.57. The molecule has 7 heteroatoms. The highest BCUT2D eigenvalue weighted by Gasteiger charge is 2.33. The standard InChI is InChI=1S/C14H16F3N3S/c1-2-7-18-11-5-3-10(4-6-11)8-19-13-20-12(9-21-13)14(15,16)17/h3-6,9,18H,2,7-8H2,1H3,(H,19,20). The van der Waals surface area contributed by atoms with Crippen LogP contribution in [0.1, 0.15) is 24.6 Å². The van der Waals surface area contributed by atoms with Gasteiger partial charge in [0, 0.05) is 24.2 Å². The van der Waals surface area contributed by atoms with Gasteiger partial charge in [0.2, 0.25) is 0 Å². The minimum atomic E-state index is -4.39. The van der Waals surface area contributed by atoms with Crippen molar-refractivity contribution in [1.29, 1.82) is 0 Å². The van der Waals surface area contributed by atoms with Gasteiger partial charge in [-0.2, -0.15) is 13.2 Å². The molecule has 0 unspecified atom stereocenters. The molecule has 1 heterocycles. The molecule has 0 fully saturated rings. The Morgan fingerprint density at radius 3 is 2.43 bits per heavy atom. The van der Waals surface area contributed by atoms with E-state index in [4.69, 9.17) is 0 Å². The minimum Gasteiger partial charge on any atom is -0.385 e. The molecule has 3 nitrogen and oxygen atoms in total. The van der Waals surface area contributed by atoms with Crippen molar-refractivity contribution in [2.45, 2.75) is 26.1 Å². The molecule has 0 aliphatic carbocycles. The van der Waals surface area contributed by atoms with Crippen LogP contribution in [0.2, 0.25) is 0 Å². The Morgan fingerprint density at radius 1 is 1.14 bits per heavy atom. The second-order valence-corrected chi connectivity index (χ2v) is 5.37. The van der Waals surface area contributed by atoms with Crippen molar-refractivity contribution >= 4 is 22.2 Å². The largest absolute Gasteiger partial charge is 0.434 e. The summed E-state index contributed by atoms with van der Waals surface area (Å²) < 4.78 is 37.3. The molecule has 0 aliphatic heterocycles. The van der Waals surface area contributed by atoms with Gasteiger partial charge in [0.25, 0.3) is 0 Å². The van der Waals surface area contributed by atoms with Crippen LogP contribution < -0.4 is 10.6 Å². The van der Waals surface area contributed by atoms with E-state index < -0.39 is 11.9 Å². The zero-order valence-electron chi connectivity index (χ0n) is 11.5. The molecule has 0 aliphatic rings. The Kier molecular flexibility index (Phi) is 5.06. The zero-order chi connectivity index (χ0) is 15.3. The van der Waals surface area contributed by atoms with E-state index in [1.165, 1.54) is 0 Å². The third-order valence-electron chi connectivity index (χ3n) is 2.77. The lowest BCUT2D eigenvalue weighted by Crippen LogP contribution is -2.06. The number of anilines is 2. The van der Waals surface area contributed by atoms with Gasteiger partial charge in [0.1, 0.15) is 0 Å². The molecule has 21 heavy (non-hydrogen) atoms. The Labute approximate surface area is 125 Å². The van der Waals surface area contributed by atoms with Crippen LogP contribution in [0.3, 0.4) is 0 Å². The Morgan fingerprint density at radius 2 is 1.86 bits per heavy atom. The number of aromatic nitrogens is 1. The molecule has 0 radical (unpaired) electrons. The van der Waals surface area contributed by atoms with E-state index in [2.05, 4.69) is 22.5 Å². The lowest BCUT2D eigenvalue weighted by Gasteiger charge is -2.07. The van der Waals surface area contributed by atoms with Gasteiger partial charge in [-0.25, -0.2) is 4.98 Å². The highest BCUT2D eigenvalue weighted by atomic mass is 32.1. The molecular formula is C14H16F3N3S. The van der Waals surface area contributed by atoms with Gasteiger partial charge in [-0.15, -0.1) is 11.3 Å². The molecule has 0 bridgehead atoms. The first-order valence-corrected chi connectivity index (χ1v) is 7.46. The van der Waals surface area contributed by atoms with Gasteiger partial charge in [-0.05, 0) is 24.1 Å². The average Bonchev–Trinajstić information content (AvgIpc) is 2.93. The van der Waals surface area contributed by atoms with Crippen LogP contribution in [-0.4, -0.2) is 11.5 Å². The van der Waals surface area contributed by atoms with Gasteiger partial charge in [0.15, 0.2) is 10.8 Å². The van der Waals surface area contributed by atoms with Gasteiger partial charge in [0.05, 0.1) is 0 Å². The van der Waals surface area contributed by atoms with E-state index in [0.717, 1.165) is 40.9 Å². The van der Waals surface area contributed by atoms with Crippen molar-refractivity contribution in [3.05, 3.63) is 40.9 Å². The number of rotatable bonds is 6. The SMILES string of the molecule is CCCNc1ccc(CNc2nc(C(F)(F)F)cs2)cc1. The van der Waals surface area contributed by atoms with E-state index in [0.29, 0.717) is 6.54 Å². The highest BCUT2D eigenvalue weighted by molar-refractivity contribution is 7.13. The van der Waals surface area contributed by atoms with Crippen LogP contribution >= 0.6 is 11.3 Å². The fraction of sp³-hybridized carbons (Fsp3) is 0.357. The minimum absolute atomic E-state index is 0.274. The quantitative estimate of drug-likeness (QED) is 0.818. The fourth-order valence-corrected chi connectivity index (χ4v) is 2.39. The summed E-state index contributed by atoms with van der Waals surface area (Å²) in [5.41, 5.74) is 1.17. The molecule has 114 valence electrons. The van der Waals surface area contributed by atoms with Crippen molar-refractivity contribution in [3.8, 4) is 0 Å². The summed E-state index contributed by atoms with van der Waals surface area (Å²) in [6.45, 7) is 3.45. The maximum absolute atomic E-state index is 12.4. The normalized spacial score (nSPS) is 11.4. The average molecular weight is 315 g/mol. The first-order valence-electron chi connectivity index (χ1n) is 6.58. The van der Waals surface area contributed by atoms with Crippen LogP contribution in [0.15, 0.2) is 29.6 Å². The molecule has 0 spiro atoms. The molecule has 0 saturated heterocycles. The molecule has 0 atom stereocenters. The fourth-order valence-electron chi connectivity index (χ4n) is 1.67. The number of hydrogen-bond acceptors (Lipinski definition) is 4. The van der Waals surface area contributed by atoms with Crippen LogP contribution in [-0.2, 0) is 12.7 Å². The number of alkyl halides is 3. The van der Waals surface area contributed by atoms with Crippen LogP contribution in [0, 0.1) is 0 Å². The molecule has 1 aromatic carbocycles. The van der Waals surface area contributed by atoms with Crippen molar-refractivity contribution in [2.24, 2.45) is 0 Å². The maximum atomic E-state index is 12.4. The summed E-state index contributed by atoms with van der Waals surface area (Å²) in [4.78, 5) is 3.52. The van der Waals surface area contributed by atoms with Gasteiger partial charge in [-0.3, -0.25) is 0 Å². The summed E-state index contributed by atoms with van der Waals surface area (Å²) in [6, 6.07) is 7.78. The number of benzene rings is 1. The third kappa shape index (κ3) is 4.63. The van der Waals surface area contributed by atoms with Crippen molar-refractivity contribution in [1.82, 2.24) is 4.98 Å². The van der Waals surface area contributed by atoms with Crippen LogP contribution in [0.25, 0.3) is 0 Å². The number of nitrogens with one attached hydrogen (secondary N) is 2. The predicted octanol–water partition coefficient (Wildman–Crippen LogP) is 4.60. The zero-order valence-corrected chi connectivity index (χ0v) is 12.3. The lowest BCUT2D eigenvalue weighted by molar-refractivity contribution is -0.140. The Balaban J connectivity index is 1.89. The van der Waals surface area contributed by atoms with Gasteiger partial charge < -0.3 is 10.6 Å². The van der Waals surface area contributed by atoms with E-state index in [1.54, 1.807) is 0 Å². The second-order valence-electron chi connectivity index (χ2n) is 4.51. The summed E-state index contributed by atoms with van der Waals surface area (Å²) in [5, 5.41) is 7.45. The first kappa shape index (κ1) is 15.6. The highest BCUT2D eigenvalue weighted by Crippen LogP contribution is 2.31. The monoisotopic (exact) mass is 315 g/mol. The topological polar surface area (TPSA) is 37.0 Å². The lowest BCUT2D eigenvalue weighted by atomic mass is 10.2. The summed E-state index contributed by atoms with van der Waals surface area (Å²) in [5.74, 6) is 0. The maximum Gasteiger partial charge on any atom is 0.434 e. The summed E-state index contributed by atoms with van der Waals surface area (Å²) >= 11 is 0.955. The molecule has 2 aromatic rings. The van der Waals surface area contributed by atoms with Gasteiger partial charge in [-0.1, -0.05) is 19.1 Å².